The van der Waals surface area contributed by atoms with Gasteiger partial charge in [-0.3, -0.25) is 14.9 Å². The summed E-state index contributed by atoms with van der Waals surface area (Å²) in [5.74, 6) is -0.264. The number of hydrogen-bond acceptors (Lipinski definition) is 8. The van der Waals surface area contributed by atoms with Crippen molar-refractivity contribution in [2.75, 3.05) is 11.5 Å². The molecule has 1 atom stereocenters. The van der Waals surface area contributed by atoms with Crippen LogP contribution in [0.3, 0.4) is 0 Å². The van der Waals surface area contributed by atoms with Gasteiger partial charge in [0.1, 0.15) is 29.0 Å². The molecule has 0 fully saturated rings. The van der Waals surface area contributed by atoms with Gasteiger partial charge in [0.05, 0.1) is 10.5 Å². The average molecular weight is 377 g/mol. The van der Waals surface area contributed by atoms with Crippen molar-refractivity contribution in [3.05, 3.63) is 62.4 Å². The number of benzene rings is 1. The molecule has 9 nitrogen and oxygen atoms in total. The van der Waals surface area contributed by atoms with Crippen molar-refractivity contribution in [3.8, 4) is 11.8 Å². The molecule has 0 radical (unpaired) electrons. The molecular formula is C19H15N5O4. The van der Waals surface area contributed by atoms with Crippen molar-refractivity contribution >= 4 is 23.1 Å². The van der Waals surface area contributed by atoms with Crippen LogP contribution in [0.2, 0.25) is 0 Å². The summed E-state index contributed by atoms with van der Waals surface area (Å²) in [6.07, 6.45) is 1.47. The first kappa shape index (κ1) is 17.5. The molecule has 0 saturated heterocycles. The van der Waals surface area contributed by atoms with Crippen molar-refractivity contribution in [2.24, 2.45) is 0 Å². The van der Waals surface area contributed by atoms with Crippen LogP contribution >= 0.6 is 0 Å². The molecule has 0 amide bonds. The summed E-state index contributed by atoms with van der Waals surface area (Å²) in [7, 11) is 0. The van der Waals surface area contributed by atoms with Gasteiger partial charge in [-0.25, -0.2) is 4.98 Å². The second-order valence-corrected chi connectivity index (χ2v) is 6.61. The van der Waals surface area contributed by atoms with Crippen molar-refractivity contribution in [1.82, 2.24) is 4.98 Å². The lowest BCUT2D eigenvalue weighted by molar-refractivity contribution is -0.384. The lowest BCUT2D eigenvalue weighted by atomic mass is 9.76. The third kappa shape index (κ3) is 2.54. The molecule has 4 N–H and O–H groups in total. The Hall–Kier alpha value is -3.93. The van der Waals surface area contributed by atoms with Crippen LogP contribution in [-0.2, 0) is 4.79 Å². The van der Waals surface area contributed by atoms with E-state index >= 15 is 0 Å². The minimum absolute atomic E-state index is 0.0212. The third-order valence-electron chi connectivity index (χ3n) is 4.98. The van der Waals surface area contributed by atoms with Gasteiger partial charge in [0, 0.05) is 36.5 Å². The number of ether oxygens (including phenoxy) is 1. The smallest absolute Gasteiger partial charge is 0.269 e. The normalized spacial score (nSPS) is 18.0. The van der Waals surface area contributed by atoms with E-state index in [1.165, 1.54) is 12.1 Å². The maximum absolute atomic E-state index is 12.8. The summed E-state index contributed by atoms with van der Waals surface area (Å²) in [6, 6.07) is 7.97. The van der Waals surface area contributed by atoms with Crippen LogP contribution in [0.4, 0.5) is 17.3 Å². The maximum Gasteiger partial charge on any atom is 0.269 e. The molecule has 0 spiro atoms. The molecule has 1 aromatic carbocycles. The predicted molar refractivity (Wildman–Crippen MR) is 99.2 cm³/mol. The van der Waals surface area contributed by atoms with Gasteiger partial charge in [0.25, 0.3) is 5.69 Å². The first-order valence-electron chi connectivity index (χ1n) is 8.59. The van der Waals surface area contributed by atoms with E-state index in [9.17, 15) is 20.2 Å². The molecule has 1 aliphatic heterocycles. The number of fused-ring (bicyclic) bond motifs is 1. The largest absolute Gasteiger partial charge is 0.459 e. The molecule has 9 heteroatoms. The topological polar surface area (TPSA) is 158 Å². The number of rotatable bonds is 2. The van der Waals surface area contributed by atoms with Gasteiger partial charge in [0.2, 0.25) is 0 Å². The summed E-state index contributed by atoms with van der Waals surface area (Å²) in [6.45, 7) is 0. The number of pyridine rings is 1. The summed E-state index contributed by atoms with van der Waals surface area (Å²) in [4.78, 5) is 27.5. The van der Waals surface area contributed by atoms with Crippen molar-refractivity contribution < 1.29 is 14.5 Å². The Labute approximate surface area is 159 Å². The Balaban J connectivity index is 2.04. The van der Waals surface area contributed by atoms with Gasteiger partial charge in [-0.1, -0.05) is 12.1 Å². The van der Waals surface area contributed by atoms with Gasteiger partial charge in [-0.15, -0.1) is 0 Å². The fourth-order valence-electron chi connectivity index (χ4n) is 3.79. The van der Waals surface area contributed by atoms with Gasteiger partial charge in [-0.2, -0.15) is 5.26 Å². The molecule has 2 aromatic rings. The van der Waals surface area contributed by atoms with Gasteiger partial charge >= 0.3 is 0 Å². The molecule has 0 unspecified atom stereocenters. The Morgan fingerprint density at radius 1 is 1.29 bits per heavy atom. The highest BCUT2D eigenvalue weighted by Crippen LogP contribution is 2.50. The summed E-state index contributed by atoms with van der Waals surface area (Å²) in [5.41, 5.74) is 13.1. The highest BCUT2D eigenvalue weighted by Gasteiger charge is 2.40. The first-order valence-corrected chi connectivity index (χ1v) is 8.59. The number of carbonyl (C=O) groups is 1. The van der Waals surface area contributed by atoms with E-state index in [2.05, 4.69) is 4.98 Å². The number of nitro groups is 1. The Bertz CT molecular complexity index is 1120. The van der Waals surface area contributed by atoms with E-state index in [1.807, 2.05) is 6.07 Å². The number of nitrogen functional groups attached to an aromatic ring is 2. The van der Waals surface area contributed by atoms with Crippen LogP contribution in [0.5, 0.6) is 5.75 Å². The zero-order valence-electron chi connectivity index (χ0n) is 14.6. The molecule has 2 aliphatic rings. The molecule has 4 rings (SSSR count). The summed E-state index contributed by atoms with van der Waals surface area (Å²) in [5, 5.41) is 20.8. The van der Waals surface area contributed by atoms with E-state index in [-0.39, 0.29) is 34.4 Å². The number of allylic oxidation sites excluding steroid dienone is 2. The molecule has 1 aliphatic carbocycles. The van der Waals surface area contributed by atoms with E-state index < -0.39 is 10.8 Å². The molecule has 140 valence electrons. The minimum Gasteiger partial charge on any atom is -0.459 e. The SMILES string of the molecule is N#Cc1c(N)nc(N)c2c1OC1=C(C(=O)CCC1)[C@H]2c1cccc([N+](=O)[O-])c1. The zero-order valence-corrected chi connectivity index (χ0v) is 14.6. The van der Waals surface area contributed by atoms with Crippen LogP contribution in [0, 0.1) is 21.4 Å². The average Bonchev–Trinajstić information content (AvgIpc) is 2.67. The number of nitrogens with zero attached hydrogens (tertiary/aromatic N) is 3. The monoisotopic (exact) mass is 377 g/mol. The highest BCUT2D eigenvalue weighted by molar-refractivity contribution is 6.00. The van der Waals surface area contributed by atoms with Crippen LogP contribution in [0.1, 0.15) is 41.9 Å². The number of ketones is 1. The summed E-state index contributed by atoms with van der Waals surface area (Å²) < 4.78 is 5.92. The highest BCUT2D eigenvalue weighted by atomic mass is 16.6. The number of hydrogen-bond donors (Lipinski definition) is 2. The first-order chi connectivity index (χ1) is 13.4. The minimum atomic E-state index is -0.716. The van der Waals surface area contributed by atoms with E-state index in [0.717, 1.165) is 0 Å². The van der Waals surface area contributed by atoms with Crippen molar-refractivity contribution in [3.63, 3.8) is 0 Å². The van der Waals surface area contributed by atoms with E-state index in [1.54, 1.807) is 12.1 Å². The third-order valence-corrected chi connectivity index (χ3v) is 4.98. The van der Waals surface area contributed by atoms with Crippen LogP contribution in [0.25, 0.3) is 0 Å². The number of nitro benzene ring substituents is 1. The molecule has 28 heavy (non-hydrogen) atoms. The maximum atomic E-state index is 12.8. The fourth-order valence-corrected chi connectivity index (χ4v) is 3.79. The number of nitriles is 1. The fraction of sp³-hybridized carbons (Fsp3) is 0.211. The number of non-ortho nitro benzene ring substituents is 1. The lowest BCUT2D eigenvalue weighted by Gasteiger charge is -2.33. The number of Topliss-reactive ketones (excluding diaryl/α,β-unsaturated/α-hetero) is 1. The lowest BCUT2D eigenvalue weighted by Crippen LogP contribution is -2.27. The Morgan fingerprint density at radius 2 is 2.07 bits per heavy atom. The number of anilines is 2. The number of carbonyl (C=O) groups excluding carboxylic acids is 1. The van der Waals surface area contributed by atoms with Crippen molar-refractivity contribution in [1.29, 1.82) is 5.26 Å². The molecular weight excluding hydrogens is 362 g/mol. The standard InChI is InChI=1S/C19H15N5O4/c20-8-11-17-16(19(22)23-18(11)21)14(9-3-1-4-10(7-9)24(26)27)15-12(25)5-2-6-13(15)28-17/h1,3-4,7,14H,2,5-6H2,(H4,21,22,23)/t14-/m1/s1. The van der Waals surface area contributed by atoms with Gasteiger partial charge in [0.15, 0.2) is 11.5 Å². The summed E-state index contributed by atoms with van der Waals surface area (Å²) >= 11 is 0. The second kappa shape index (κ2) is 6.35. The van der Waals surface area contributed by atoms with E-state index in [0.29, 0.717) is 41.7 Å². The second-order valence-electron chi connectivity index (χ2n) is 6.61. The zero-order chi connectivity index (χ0) is 20.0. The number of aromatic nitrogens is 1. The Kier molecular flexibility index (Phi) is 3.96. The van der Waals surface area contributed by atoms with Crippen molar-refractivity contribution in [2.45, 2.75) is 25.2 Å². The molecule has 2 heterocycles. The quantitative estimate of drug-likeness (QED) is 0.596. The predicted octanol–water partition coefficient (Wildman–Crippen LogP) is 2.56. The molecule has 1 aromatic heterocycles. The Morgan fingerprint density at radius 3 is 2.79 bits per heavy atom. The molecule has 0 bridgehead atoms. The van der Waals surface area contributed by atoms with Crippen LogP contribution in [0.15, 0.2) is 35.6 Å². The number of nitrogens with two attached hydrogens (primary N) is 2. The van der Waals surface area contributed by atoms with Gasteiger partial charge < -0.3 is 16.2 Å². The van der Waals surface area contributed by atoms with Gasteiger partial charge in [-0.05, 0) is 12.0 Å². The van der Waals surface area contributed by atoms with E-state index in [4.69, 9.17) is 16.2 Å². The molecule has 0 saturated carbocycles. The van der Waals surface area contributed by atoms with Crippen LogP contribution < -0.4 is 16.2 Å². The van der Waals surface area contributed by atoms with Crippen LogP contribution in [-0.4, -0.2) is 15.7 Å².